The van der Waals surface area contributed by atoms with Crippen LogP contribution in [0.3, 0.4) is 0 Å². The largest absolute Gasteiger partial charge is 0.456 e. The van der Waals surface area contributed by atoms with Gasteiger partial charge < -0.3 is 9.32 Å². The molecule has 0 unspecified atom stereocenters. The highest BCUT2D eigenvalue weighted by molar-refractivity contribution is 6.13. The molecule has 272 valence electrons. The van der Waals surface area contributed by atoms with Crippen molar-refractivity contribution in [2.45, 2.75) is 0 Å². The molecule has 9 aromatic carbocycles. The Balaban J connectivity index is 0.954. The van der Waals surface area contributed by atoms with Crippen molar-refractivity contribution in [2.75, 3.05) is 4.90 Å². The highest BCUT2D eigenvalue weighted by Crippen LogP contribution is 2.41. The number of benzene rings is 9. The summed E-state index contributed by atoms with van der Waals surface area (Å²) < 4.78 is 6.59. The summed E-state index contributed by atoms with van der Waals surface area (Å²) in [5.41, 5.74) is 15.1. The van der Waals surface area contributed by atoms with Gasteiger partial charge in [0.05, 0.1) is 22.4 Å². The number of hydrogen-bond acceptors (Lipinski definition) is 4. The molecule has 0 saturated carbocycles. The molecule has 0 bridgehead atoms. The Kier molecular flexibility index (Phi) is 8.11. The number of aromatic nitrogens is 2. The van der Waals surface area contributed by atoms with Crippen molar-refractivity contribution in [1.29, 1.82) is 0 Å². The number of fused-ring (bicyclic) bond motifs is 5. The summed E-state index contributed by atoms with van der Waals surface area (Å²) in [5, 5.41) is 4.57. The van der Waals surface area contributed by atoms with Gasteiger partial charge in [0.15, 0.2) is 0 Å². The van der Waals surface area contributed by atoms with Gasteiger partial charge in [0.1, 0.15) is 11.2 Å². The number of furan rings is 1. The first kappa shape index (κ1) is 33.5. The second-order valence-corrected chi connectivity index (χ2v) is 14.6. The van der Waals surface area contributed by atoms with Crippen LogP contribution in [-0.4, -0.2) is 9.97 Å². The Morgan fingerprint density at radius 1 is 0.345 bits per heavy atom. The molecule has 11 rings (SSSR count). The monoisotopic (exact) mass is 741 g/mol. The van der Waals surface area contributed by atoms with Gasteiger partial charge in [0.25, 0.3) is 0 Å². The third-order valence-corrected chi connectivity index (χ3v) is 11.0. The fourth-order valence-corrected chi connectivity index (χ4v) is 8.21. The lowest BCUT2D eigenvalue weighted by atomic mass is 9.96. The van der Waals surface area contributed by atoms with Crippen molar-refractivity contribution in [3.63, 3.8) is 0 Å². The van der Waals surface area contributed by atoms with Crippen molar-refractivity contribution in [2.24, 2.45) is 0 Å². The van der Waals surface area contributed by atoms with E-state index in [1.165, 1.54) is 10.8 Å². The average Bonchev–Trinajstić information content (AvgIpc) is 3.68. The van der Waals surface area contributed by atoms with Gasteiger partial charge in [-0.25, -0.2) is 9.97 Å². The van der Waals surface area contributed by atoms with Crippen LogP contribution in [-0.2, 0) is 0 Å². The summed E-state index contributed by atoms with van der Waals surface area (Å²) in [6.07, 6.45) is 0. The summed E-state index contributed by atoms with van der Waals surface area (Å²) in [7, 11) is 0. The lowest BCUT2D eigenvalue weighted by molar-refractivity contribution is 0.669. The van der Waals surface area contributed by atoms with Crippen molar-refractivity contribution in [3.8, 4) is 44.8 Å². The summed E-state index contributed by atoms with van der Waals surface area (Å²) in [6.45, 7) is 0. The molecular formula is C54H35N3O. The SMILES string of the molecule is c1ccc(-c2nc3ccccc3nc2-c2ccc(-c3cccc4oc5cc(-c6ccc7ccc(N(c8ccccc8)c8ccccc8)cc7c6)ccc5c34)cc2)cc1. The van der Waals surface area contributed by atoms with E-state index in [-0.39, 0.29) is 0 Å². The van der Waals surface area contributed by atoms with Crippen molar-refractivity contribution < 1.29 is 4.42 Å². The maximum atomic E-state index is 6.59. The maximum absolute atomic E-state index is 6.59. The smallest absolute Gasteiger partial charge is 0.136 e. The number of nitrogens with zero attached hydrogens (tertiary/aromatic N) is 3. The quantitative estimate of drug-likeness (QED) is 0.163. The Hall–Kier alpha value is -7.82. The van der Waals surface area contributed by atoms with E-state index in [1.807, 2.05) is 42.5 Å². The number of anilines is 3. The van der Waals surface area contributed by atoms with Crippen LogP contribution in [0.15, 0.2) is 217 Å². The molecule has 0 fully saturated rings. The lowest BCUT2D eigenvalue weighted by Gasteiger charge is -2.25. The lowest BCUT2D eigenvalue weighted by Crippen LogP contribution is -2.09. The van der Waals surface area contributed by atoms with Crippen molar-refractivity contribution in [3.05, 3.63) is 212 Å². The fourth-order valence-electron chi connectivity index (χ4n) is 8.21. The minimum absolute atomic E-state index is 0.865. The molecule has 0 atom stereocenters. The molecule has 2 heterocycles. The first-order valence-corrected chi connectivity index (χ1v) is 19.6. The van der Waals surface area contributed by atoms with E-state index in [9.17, 15) is 0 Å². The summed E-state index contributed by atoms with van der Waals surface area (Å²) in [6, 6.07) is 74.4. The van der Waals surface area contributed by atoms with Gasteiger partial charge in [-0.05, 0) is 106 Å². The predicted molar refractivity (Wildman–Crippen MR) is 241 cm³/mol. The molecule has 0 aliphatic heterocycles. The Labute approximate surface area is 335 Å². The second-order valence-electron chi connectivity index (χ2n) is 14.6. The van der Waals surface area contributed by atoms with Crippen molar-refractivity contribution in [1.82, 2.24) is 9.97 Å². The van der Waals surface area contributed by atoms with E-state index in [0.717, 1.165) is 94.8 Å². The van der Waals surface area contributed by atoms with Gasteiger partial charge in [0, 0.05) is 39.0 Å². The third kappa shape index (κ3) is 5.96. The predicted octanol–water partition coefficient (Wildman–Crippen LogP) is 14.8. The van der Waals surface area contributed by atoms with Crippen molar-refractivity contribution >= 4 is 60.8 Å². The van der Waals surface area contributed by atoms with Gasteiger partial charge in [-0.3, -0.25) is 0 Å². The molecule has 0 spiro atoms. The van der Waals surface area contributed by atoms with Crippen LogP contribution < -0.4 is 4.90 Å². The Morgan fingerprint density at radius 2 is 0.897 bits per heavy atom. The summed E-state index contributed by atoms with van der Waals surface area (Å²) in [4.78, 5) is 12.5. The normalized spacial score (nSPS) is 11.4. The zero-order valence-corrected chi connectivity index (χ0v) is 31.5. The number of para-hydroxylation sites is 4. The minimum Gasteiger partial charge on any atom is -0.456 e. The van der Waals surface area contributed by atoms with Gasteiger partial charge in [-0.15, -0.1) is 0 Å². The minimum atomic E-state index is 0.865. The zero-order valence-electron chi connectivity index (χ0n) is 31.5. The van der Waals surface area contributed by atoms with Crippen LogP contribution in [0.4, 0.5) is 17.1 Å². The first-order valence-electron chi connectivity index (χ1n) is 19.6. The van der Waals surface area contributed by atoms with Crippen LogP contribution in [0.2, 0.25) is 0 Å². The van der Waals surface area contributed by atoms with E-state index >= 15 is 0 Å². The highest BCUT2D eigenvalue weighted by atomic mass is 16.3. The molecule has 4 heteroatoms. The van der Waals surface area contributed by atoms with E-state index < -0.39 is 0 Å². The van der Waals surface area contributed by atoms with Gasteiger partial charge >= 0.3 is 0 Å². The zero-order chi connectivity index (χ0) is 38.4. The average molecular weight is 742 g/mol. The van der Waals surface area contributed by atoms with E-state index in [2.05, 4.69) is 175 Å². The fraction of sp³-hybridized carbons (Fsp3) is 0. The Morgan fingerprint density at radius 3 is 1.59 bits per heavy atom. The Bertz CT molecular complexity index is 3230. The molecular weight excluding hydrogens is 707 g/mol. The summed E-state index contributed by atoms with van der Waals surface area (Å²) >= 11 is 0. The number of hydrogen-bond donors (Lipinski definition) is 0. The van der Waals surface area contributed by atoms with Crippen LogP contribution in [0, 0.1) is 0 Å². The molecule has 4 nitrogen and oxygen atoms in total. The molecule has 58 heavy (non-hydrogen) atoms. The molecule has 0 aliphatic rings. The summed E-state index contributed by atoms with van der Waals surface area (Å²) in [5.74, 6) is 0. The second kappa shape index (κ2) is 14.0. The van der Waals surface area contributed by atoms with Gasteiger partial charge in [-0.1, -0.05) is 140 Å². The molecule has 0 amide bonds. The van der Waals surface area contributed by atoms with E-state index in [4.69, 9.17) is 14.4 Å². The van der Waals surface area contributed by atoms with Gasteiger partial charge in [-0.2, -0.15) is 0 Å². The molecule has 0 radical (unpaired) electrons. The van der Waals surface area contributed by atoms with Gasteiger partial charge in [0.2, 0.25) is 0 Å². The van der Waals surface area contributed by atoms with E-state index in [0.29, 0.717) is 0 Å². The van der Waals surface area contributed by atoms with Crippen LogP contribution in [0.1, 0.15) is 0 Å². The molecule has 2 aromatic heterocycles. The molecule has 0 saturated heterocycles. The van der Waals surface area contributed by atoms with E-state index in [1.54, 1.807) is 0 Å². The van der Waals surface area contributed by atoms with Crippen LogP contribution in [0.25, 0.3) is 88.5 Å². The van der Waals surface area contributed by atoms with Crippen LogP contribution in [0.5, 0.6) is 0 Å². The standard InChI is InChI=1S/C54H35N3O/c1-4-13-38(14-5-1)53-54(56-49-21-11-10-20-48(49)55-53)39-26-24-37(25-27-39)46-19-12-22-50-52(46)47-32-30-41(35-51(47)58-50)40-28-23-36-29-31-45(34-42(36)33-40)57(43-15-6-2-7-16-43)44-17-8-3-9-18-44/h1-35H. The topological polar surface area (TPSA) is 42.2 Å². The van der Waals surface area contributed by atoms with Crippen LogP contribution >= 0.6 is 0 Å². The maximum Gasteiger partial charge on any atom is 0.136 e. The third-order valence-electron chi connectivity index (χ3n) is 11.0. The molecule has 0 aliphatic carbocycles. The first-order chi connectivity index (χ1) is 28.7. The molecule has 11 aromatic rings. The molecule has 0 N–H and O–H groups in total. The number of rotatable bonds is 7. The highest BCUT2D eigenvalue weighted by Gasteiger charge is 2.17.